The third-order valence-electron chi connectivity index (χ3n) is 1.06. The van der Waals surface area contributed by atoms with Crippen molar-refractivity contribution in [3.63, 3.8) is 0 Å². The number of nitrogens with zero attached hydrogens (tertiary/aromatic N) is 1. The van der Waals surface area contributed by atoms with E-state index in [9.17, 15) is 4.79 Å². The van der Waals surface area contributed by atoms with Crippen molar-refractivity contribution in [2.45, 2.75) is 6.92 Å². The van der Waals surface area contributed by atoms with E-state index in [1.54, 1.807) is 6.92 Å². The summed E-state index contributed by atoms with van der Waals surface area (Å²) in [5, 5.41) is 8.49. The van der Waals surface area contributed by atoms with Crippen LogP contribution in [0.2, 0.25) is 0 Å². The number of aryl methyl sites for hydroxylation is 1. The molecule has 2 N–H and O–H groups in total. The molecule has 0 unspecified atom stereocenters. The molecule has 0 amide bonds. The molecule has 5 heteroatoms. The highest BCUT2D eigenvalue weighted by atomic mass is 127. The van der Waals surface area contributed by atoms with E-state index < -0.39 is 5.97 Å². The van der Waals surface area contributed by atoms with Gasteiger partial charge in [0.1, 0.15) is 0 Å². The molecule has 0 saturated heterocycles. The molecule has 1 heterocycles. The lowest BCUT2D eigenvalue weighted by atomic mass is 10.4. The van der Waals surface area contributed by atoms with Crippen LogP contribution in [-0.4, -0.2) is 21.0 Å². The van der Waals surface area contributed by atoms with E-state index in [1.807, 2.05) is 22.6 Å². The van der Waals surface area contributed by atoms with Crippen LogP contribution in [-0.2, 0) is 0 Å². The summed E-state index contributed by atoms with van der Waals surface area (Å²) in [4.78, 5) is 16.9. The smallest absolute Gasteiger partial charge is 0.356 e. The molecule has 0 aliphatic heterocycles. The Morgan fingerprint density at radius 2 is 2.40 bits per heavy atom. The molecule has 1 aromatic heterocycles. The van der Waals surface area contributed by atoms with Crippen molar-refractivity contribution in [3.05, 3.63) is 15.2 Å². The van der Waals surface area contributed by atoms with Gasteiger partial charge >= 0.3 is 5.97 Å². The summed E-state index contributed by atoms with van der Waals surface area (Å²) < 4.78 is 0.604. The quantitative estimate of drug-likeness (QED) is 0.733. The highest BCUT2D eigenvalue weighted by Gasteiger charge is 2.10. The molecular weight excluding hydrogens is 247 g/mol. The number of hydrogen-bond acceptors (Lipinski definition) is 2. The van der Waals surface area contributed by atoms with E-state index in [0.29, 0.717) is 9.53 Å². The van der Waals surface area contributed by atoms with Crippen molar-refractivity contribution in [2.24, 2.45) is 0 Å². The van der Waals surface area contributed by atoms with Crippen LogP contribution in [0.4, 0.5) is 0 Å². The zero-order valence-electron chi connectivity index (χ0n) is 5.18. The van der Waals surface area contributed by atoms with Crippen LogP contribution < -0.4 is 0 Å². The first kappa shape index (κ1) is 7.52. The highest BCUT2D eigenvalue weighted by molar-refractivity contribution is 14.1. The van der Waals surface area contributed by atoms with Gasteiger partial charge in [-0.2, -0.15) is 0 Å². The van der Waals surface area contributed by atoms with Crippen molar-refractivity contribution in [3.8, 4) is 0 Å². The molecule has 10 heavy (non-hydrogen) atoms. The predicted molar refractivity (Wildman–Crippen MR) is 43.0 cm³/mol. The third-order valence-corrected chi connectivity index (χ3v) is 1.57. The first-order valence-corrected chi connectivity index (χ1v) is 3.64. The Bertz CT molecular complexity index is 269. The summed E-state index contributed by atoms with van der Waals surface area (Å²) in [6.45, 7) is 1.68. The van der Waals surface area contributed by atoms with Gasteiger partial charge in [0.15, 0.2) is 9.53 Å². The number of nitrogens with one attached hydrogen (secondary N) is 1. The Balaban J connectivity index is 3.15. The maximum absolute atomic E-state index is 10.3. The molecule has 54 valence electrons. The Labute approximate surface area is 70.8 Å². The van der Waals surface area contributed by atoms with Gasteiger partial charge in [0.25, 0.3) is 0 Å². The molecule has 0 fully saturated rings. The van der Waals surface area contributed by atoms with Gasteiger partial charge in [-0.25, -0.2) is 9.78 Å². The third kappa shape index (κ3) is 1.28. The number of imidazole rings is 1. The number of aromatic nitrogens is 2. The molecule has 0 saturated carbocycles. The van der Waals surface area contributed by atoms with E-state index in [-0.39, 0.29) is 5.69 Å². The lowest BCUT2D eigenvalue weighted by Gasteiger charge is -1.84. The van der Waals surface area contributed by atoms with Gasteiger partial charge in [-0.3, -0.25) is 0 Å². The minimum Gasteiger partial charge on any atom is -0.476 e. The van der Waals surface area contributed by atoms with Crippen LogP contribution in [0.25, 0.3) is 0 Å². The van der Waals surface area contributed by atoms with Gasteiger partial charge in [0.05, 0.1) is 0 Å². The van der Waals surface area contributed by atoms with Gasteiger partial charge in [0, 0.05) is 5.69 Å². The normalized spacial score (nSPS) is 9.80. The topological polar surface area (TPSA) is 66.0 Å². The second-order valence-corrected chi connectivity index (χ2v) is 2.83. The summed E-state index contributed by atoms with van der Waals surface area (Å²) in [6.07, 6.45) is 0. The molecule has 0 bridgehead atoms. The summed E-state index contributed by atoms with van der Waals surface area (Å²) in [7, 11) is 0. The van der Waals surface area contributed by atoms with E-state index in [4.69, 9.17) is 5.11 Å². The minimum absolute atomic E-state index is 0.101. The number of carboxylic acid groups (broad SMARTS) is 1. The van der Waals surface area contributed by atoms with Gasteiger partial charge in [-0.05, 0) is 29.5 Å². The predicted octanol–water partition coefficient (Wildman–Crippen LogP) is 1.02. The summed E-state index contributed by atoms with van der Waals surface area (Å²) in [6, 6.07) is 0. The van der Waals surface area contributed by atoms with Crippen molar-refractivity contribution < 1.29 is 9.90 Å². The standard InChI is InChI=1S/C5H5IN2O2/c1-2-3(4(9)10)8-5(6)7-2/h1H3,(H,7,8)(H,9,10). The van der Waals surface area contributed by atoms with E-state index in [2.05, 4.69) is 9.97 Å². The number of halogens is 1. The minimum atomic E-state index is -0.989. The molecule has 0 aromatic carbocycles. The van der Waals surface area contributed by atoms with Gasteiger partial charge in [-0.1, -0.05) is 0 Å². The molecule has 0 radical (unpaired) electrons. The highest BCUT2D eigenvalue weighted by Crippen LogP contribution is 2.05. The van der Waals surface area contributed by atoms with Gasteiger partial charge in [-0.15, -0.1) is 0 Å². The van der Waals surface area contributed by atoms with Crippen LogP contribution in [0, 0.1) is 10.8 Å². The zero-order valence-corrected chi connectivity index (χ0v) is 7.34. The number of rotatable bonds is 1. The second kappa shape index (κ2) is 2.57. The molecule has 4 nitrogen and oxygen atoms in total. The van der Waals surface area contributed by atoms with Crippen molar-refractivity contribution in [2.75, 3.05) is 0 Å². The van der Waals surface area contributed by atoms with Crippen molar-refractivity contribution in [1.29, 1.82) is 0 Å². The molecule has 1 aromatic rings. The zero-order chi connectivity index (χ0) is 7.72. The molecule has 0 spiro atoms. The molecular formula is C5H5IN2O2. The first-order chi connectivity index (χ1) is 4.61. The maximum Gasteiger partial charge on any atom is 0.356 e. The van der Waals surface area contributed by atoms with Crippen LogP contribution in [0.15, 0.2) is 0 Å². The largest absolute Gasteiger partial charge is 0.476 e. The van der Waals surface area contributed by atoms with Gasteiger partial charge < -0.3 is 10.1 Å². The van der Waals surface area contributed by atoms with Crippen LogP contribution >= 0.6 is 22.6 Å². The first-order valence-electron chi connectivity index (χ1n) is 2.56. The lowest BCUT2D eigenvalue weighted by Crippen LogP contribution is -1.98. The fourth-order valence-electron chi connectivity index (χ4n) is 0.632. The number of hydrogen-bond donors (Lipinski definition) is 2. The average Bonchev–Trinajstić information content (AvgIpc) is 2.10. The fourth-order valence-corrected chi connectivity index (χ4v) is 1.28. The Morgan fingerprint density at radius 3 is 2.60 bits per heavy atom. The monoisotopic (exact) mass is 252 g/mol. The Morgan fingerprint density at radius 1 is 1.80 bits per heavy atom. The molecule has 0 atom stereocenters. The lowest BCUT2D eigenvalue weighted by molar-refractivity contribution is 0.0690. The number of H-pyrrole nitrogens is 1. The number of carbonyl (C=O) groups is 1. The van der Waals surface area contributed by atoms with E-state index in [0.717, 1.165) is 0 Å². The summed E-state index contributed by atoms with van der Waals surface area (Å²) in [5.41, 5.74) is 0.696. The second-order valence-electron chi connectivity index (χ2n) is 1.81. The Hall–Kier alpha value is -0.590. The van der Waals surface area contributed by atoms with Crippen LogP contribution in [0.5, 0.6) is 0 Å². The fraction of sp³-hybridized carbons (Fsp3) is 0.200. The van der Waals surface area contributed by atoms with Crippen molar-refractivity contribution >= 4 is 28.6 Å². The number of carboxylic acids is 1. The van der Waals surface area contributed by atoms with Crippen molar-refractivity contribution in [1.82, 2.24) is 9.97 Å². The summed E-state index contributed by atoms with van der Waals surface area (Å²) in [5.74, 6) is -0.989. The SMILES string of the molecule is Cc1[nH]c(I)nc1C(=O)O. The summed E-state index contributed by atoms with van der Waals surface area (Å²) >= 11 is 1.93. The number of aromatic carboxylic acids is 1. The molecule has 0 aliphatic rings. The molecule has 0 aliphatic carbocycles. The maximum atomic E-state index is 10.3. The number of aromatic amines is 1. The Kier molecular flexibility index (Phi) is 1.93. The van der Waals surface area contributed by atoms with E-state index >= 15 is 0 Å². The van der Waals surface area contributed by atoms with Crippen LogP contribution in [0.3, 0.4) is 0 Å². The van der Waals surface area contributed by atoms with Gasteiger partial charge in [0.2, 0.25) is 0 Å². The molecule has 1 rings (SSSR count). The van der Waals surface area contributed by atoms with E-state index in [1.165, 1.54) is 0 Å². The average molecular weight is 252 g/mol. The van der Waals surface area contributed by atoms with Crippen LogP contribution in [0.1, 0.15) is 16.2 Å².